The minimum absolute atomic E-state index is 0.131. The highest BCUT2D eigenvalue weighted by Gasteiger charge is 2.37. The third-order valence-corrected chi connectivity index (χ3v) is 5.39. The number of halogens is 2. The van der Waals surface area contributed by atoms with Crippen LogP contribution in [-0.2, 0) is 4.79 Å². The van der Waals surface area contributed by atoms with Crippen LogP contribution < -0.4 is 5.32 Å². The van der Waals surface area contributed by atoms with Gasteiger partial charge in [-0.1, -0.05) is 41.0 Å². The molecule has 124 valence electrons. The second kappa shape index (κ2) is 6.10. The van der Waals surface area contributed by atoms with Gasteiger partial charge >= 0.3 is 0 Å². The molecule has 0 fully saturated rings. The second-order valence-electron chi connectivity index (χ2n) is 5.73. The molecule has 0 amide bonds. The van der Waals surface area contributed by atoms with Crippen molar-refractivity contribution in [3.8, 4) is 0 Å². The van der Waals surface area contributed by atoms with E-state index in [9.17, 15) is 4.79 Å². The van der Waals surface area contributed by atoms with Crippen LogP contribution in [0.15, 0.2) is 34.6 Å². The van der Waals surface area contributed by atoms with Crippen LogP contribution in [-0.4, -0.2) is 26.8 Å². The molecule has 1 aliphatic carbocycles. The maximum atomic E-state index is 12.6. The van der Waals surface area contributed by atoms with Crippen molar-refractivity contribution in [1.82, 2.24) is 14.8 Å². The summed E-state index contributed by atoms with van der Waals surface area (Å²) in [6.45, 7) is 0. The van der Waals surface area contributed by atoms with Crippen molar-refractivity contribution in [3.05, 3.63) is 45.1 Å². The van der Waals surface area contributed by atoms with Gasteiger partial charge in [0.1, 0.15) is 6.04 Å². The minimum Gasteiger partial charge on any atom is -0.328 e. The average Bonchev–Trinajstić information content (AvgIpc) is 2.96. The molecule has 2 aliphatic rings. The molecule has 4 rings (SSSR count). The summed E-state index contributed by atoms with van der Waals surface area (Å²) in [6, 6.07) is 4.96. The summed E-state index contributed by atoms with van der Waals surface area (Å²) in [5.74, 6) is 0.774. The summed E-state index contributed by atoms with van der Waals surface area (Å²) < 4.78 is 1.75. The molecule has 0 unspecified atom stereocenters. The Hall–Kier alpha value is -1.50. The zero-order valence-corrected chi connectivity index (χ0v) is 15.2. The van der Waals surface area contributed by atoms with Crippen LogP contribution in [0.25, 0.3) is 0 Å². The van der Waals surface area contributed by atoms with Gasteiger partial charge in [-0.3, -0.25) is 4.79 Å². The lowest BCUT2D eigenvalue weighted by atomic mass is 9.85. The molecule has 2 aromatic rings. The molecule has 1 N–H and O–H groups in total. The van der Waals surface area contributed by atoms with Gasteiger partial charge in [0.15, 0.2) is 5.78 Å². The summed E-state index contributed by atoms with van der Waals surface area (Å²) in [5, 5.41) is 9.56. The topological polar surface area (TPSA) is 59.8 Å². The number of allylic oxidation sites excluding steroid dienone is 2. The van der Waals surface area contributed by atoms with Crippen molar-refractivity contribution in [3.63, 3.8) is 0 Å². The summed E-state index contributed by atoms with van der Waals surface area (Å²) in [7, 11) is 0. The number of benzene rings is 1. The van der Waals surface area contributed by atoms with E-state index in [0.717, 1.165) is 29.7 Å². The van der Waals surface area contributed by atoms with Crippen LogP contribution in [0.2, 0.25) is 10.0 Å². The fourth-order valence-corrected chi connectivity index (χ4v) is 4.09. The molecule has 2 heterocycles. The van der Waals surface area contributed by atoms with Gasteiger partial charge in [-0.15, -0.1) is 5.10 Å². The van der Waals surface area contributed by atoms with Crippen LogP contribution in [0.5, 0.6) is 0 Å². The monoisotopic (exact) mass is 380 g/mol. The molecule has 0 bridgehead atoms. The van der Waals surface area contributed by atoms with E-state index in [2.05, 4.69) is 15.4 Å². The van der Waals surface area contributed by atoms with E-state index in [1.807, 2.05) is 12.3 Å². The molecule has 8 heteroatoms. The van der Waals surface area contributed by atoms with Gasteiger partial charge in [0.2, 0.25) is 11.1 Å². The van der Waals surface area contributed by atoms with E-state index >= 15 is 0 Å². The van der Waals surface area contributed by atoms with E-state index in [4.69, 9.17) is 23.2 Å². The Morgan fingerprint density at radius 2 is 2.17 bits per heavy atom. The molecule has 1 atom stereocenters. The number of anilines is 1. The molecule has 1 aliphatic heterocycles. The van der Waals surface area contributed by atoms with Gasteiger partial charge in [0.25, 0.3) is 0 Å². The molecule has 1 aromatic heterocycles. The minimum atomic E-state index is -0.373. The fraction of sp³-hybridized carbons (Fsp3) is 0.312. The lowest BCUT2D eigenvalue weighted by Crippen LogP contribution is -2.31. The molecule has 0 saturated carbocycles. The van der Waals surface area contributed by atoms with E-state index in [0.29, 0.717) is 27.6 Å². The van der Waals surface area contributed by atoms with E-state index in [-0.39, 0.29) is 11.8 Å². The normalized spacial score (nSPS) is 19.8. The standard InChI is InChI=1S/C16H14Cl2N4OS/c1-24-16-20-15-19-11-3-2-4-12(23)13(11)14(22(15)21-16)9-6-5-8(17)7-10(9)18/h5-7,14H,2-4H2,1H3,(H,19,20,21)/t14-/m1/s1. The lowest BCUT2D eigenvalue weighted by Gasteiger charge is -2.32. The number of nitrogens with one attached hydrogen (secondary N) is 1. The van der Waals surface area contributed by atoms with Crippen LogP contribution in [0.3, 0.4) is 0 Å². The Labute approximate surface area is 153 Å². The highest BCUT2D eigenvalue weighted by atomic mass is 35.5. The van der Waals surface area contributed by atoms with Gasteiger partial charge in [0, 0.05) is 33.3 Å². The number of ketones is 1. The van der Waals surface area contributed by atoms with E-state index in [1.165, 1.54) is 11.8 Å². The largest absolute Gasteiger partial charge is 0.328 e. The highest BCUT2D eigenvalue weighted by molar-refractivity contribution is 7.98. The third-order valence-electron chi connectivity index (χ3n) is 4.29. The van der Waals surface area contributed by atoms with Crippen LogP contribution in [0, 0.1) is 0 Å². The highest BCUT2D eigenvalue weighted by Crippen LogP contribution is 2.42. The Balaban J connectivity index is 1.94. The van der Waals surface area contributed by atoms with Gasteiger partial charge < -0.3 is 5.32 Å². The summed E-state index contributed by atoms with van der Waals surface area (Å²) >= 11 is 13.9. The number of aromatic nitrogens is 3. The Morgan fingerprint density at radius 1 is 1.33 bits per heavy atom. The number of rotatable bonds is 2. The first-order chi connectivity index (χ1) is 11.6. The first-order valence-electron chi connectivity index (χ1n) is 7.57. The quantitative estimate of drug-likeness (QED) is 0.785. The molecular weight excluding hydrogens is 367 g/mol. The predicted octanol–water partition coefficient (Wildman–Crippen LogP) is 4.33. The average molecular weight is 381 g/mol. The second-order valence-corrected chi connectivity index (χ2v) is 7.35. The van der Waals surface area contributed by atoms with Crippen LogP contribution >= 0.6 is 35.0 Å². The fourth-order valence-electron chi connectivity index (χ4n) is 3.23. The number of hydrogen-bond donors (Lipinski definition) is 1. The Bertz CT molecular complexity index is 877. The summed E-state index contributed by atoms with van der Waals surface area (Å²) in [6.07, 6.45) is 4.13. The van der Waals surface area contributed by atoms with Crippen molar-refractivity contribution in [2.45, 2.75) is 30.5 Å². The number of hydrogen-bond acceptors (Lipinski definition) is 5. The van der Waals surface area contributed by atoms with Crippen molar-refractivity contribution >= 4 is 46.7 Å². The van der Waals surface area contributed by atoms with Crippen molar-refractivity contribution < 1.29 is 4.79 Å². The Kier molecular flexibility index (Phi) is 4.06. The molecule has 5 nitrogen and oxygen atoms in total. The summed E-state index contributed by atoms with van der Waals surface area (Å²) in [4.78, 5) is 17.1. The van der Waals surface area contributed by atoms with Crippen molar-refractivity contribution in [1.29, 1.82) is 0 Å². The molecule has 0 saturated heterocycles. The molecule has 24 heavy (non-hydrogen) atoms. The number of thioether (sulfide) groups is 1. The number of nitrogens with zero attached hydrogens (tertiary/aromatic N) is 3. The number of carbonyl (C=O) groups excluding carboxylic acids is 1. The predicted molar refractivity (Wildman–Crippen MR) is 95.9 cm³/mol. The van der Waals surface area contributed by atoms with Gasteiger partial charge in [-0.05, 0) is 31.2 Å². The number of Topliss-reactive ketones (excluding diaryl/α,β-unsaturated/α-hetero) is 1. The van der Waals surface area contributed by atoms with Gasteiger partial charge in [-0.2, -0.15) is 4.98 Å². The Morgan fingerprint density at radius 3 is 2.92 bits per heavy atom. The number of fused-ring (bicyclic) bond motifs is 1. The van der Waals surface area contributed by atoms with Gasteiger partial charge in [0.05, 0.1) is 0 Å². The lowest BCUT2D eigenvalue weighted by molar-refractivity contribution is -0.116. The first kappa shape index (κ1) is 16.0. The maximum Gasteiger partial charge on any atom is 0.227 e. The molecule has 0 spiro atoms. The van der Waals surface area contributed by atoms with E-state index in [1.54, 1.807) is 16.8 Å². The van der Waals surface area contributed by atoms with Crippen molar-refractivity contribution in [2.75, 3.05) is 11.6 Å². The third kappa shape index (κ3) is 2.53. The zero-order chi connectivity index (χ0) is 16.8. The van der Waals surface area contributed by atoms with Crippen LogP contribution in [0.1, 0.15) is 30.9 Å². The first-order valence-corrected chi connectivity index (χ1v) is 9.55. The smallest absolute Gasteiger partial charge is 0.227 e. The molecular formula is C16H14Cl2N4OS. The summed E-state index contributed by atoms with van der Waals surface area (Å²) in [5.41, 5.74) is 2.47. The molecule has 1 aromatic carbocycles. The molecule has 0 radical (unpaired) electrons. The maximum absolute atomic E-state index is 12.6. The van der Waals surface area contributed by atoms with Gasteiger partial charge in [-0.25, -0.2) is 4.68 Å². The SMILES string of the molecule is CSc1nc2n(n1)[C@H](c1ccc(Cl)cc1Cl)C1=C(CCCC1=O)N2. The van der Waals surface area contributed by atoms with Crippen molar-refractivity contribution in [2.24, 2.45) is 0 Å². The van der Waals surface area contributed by atoms with Crippen LogP contribution in [0.4, 0.5) is 5.95 Å². The zero-order valence-electron chi connectivity index (χ0n) is 12.8. The number of carbonyl (C=O) groups is 1. The van der Waals surface area contributed by atoms with E-state index < -0.39 is 0 Å².